The number of pyridine rings is 1. The van der Waals surface area contributed by atoms with Crippen LogP contribution in [0, 0.1) is 5.92 Å². The zero-order valence-electron chi connectivity index (χ0n) is 17.0. The van der Waals surface area contributed by atoms with E-state index in [9.17, 15) is 9.59 Å². The van der Waals surface area contributed by atoms with E-state index < -0.39 is 11.8 Å². The fourth-order valence-corrected chi connectivity index (χ4v) is 3.34. The lowest BCUT2D eigenvalue weighted by atomic mass is 10.0. The number of hydrogen-bond donors (Lipinski definition) is 3. The van der Waals surface area contributed by atoms with E-state index in [4.69, 9.17) is 14.9 Å². The Balaban J connectivity index is 1.43. The van der Waals surface area contributed by atoms with E-state index in [2.05, 4.69) is 25.7 Å². The van der Waals surface area contributed by atoms with Crippen molar-refractivity contribution in [3.63, 3.8) is 0 Å². The monoisotopic (exact) mass is 425 g/mol. The number of carbonyl (C=O) groups is 2. The Bertz CT molecular complexity index is 1080. The Kier molecular flexibility index (Phi) is 5.94. The van der Waals surface area contributed by atoms with Gasteiger partial charge in [-0.25, -0.2) is 9.97 Å². The first-order valence-electron chi connectivity index (χ1n) is 9.88. The number of rotatable bonds is 7. The van der Waals surface area contributed by atoms with E-state index in [1.54, 1.807) is 19.3 Å². The molecule has 0 aromatic carbocycles. The Morgan fingerprint density at radius 1 is 1.39 bits per heavy atom. The number of oxazole rings is 1. The second-order valence-corrected chi connectivity index (χ2v) is 7.32. The molecule has 0 bridgehead atoms. The first-order chi connectivity index (χ1) is 15.0. The topological polar surface area (TPSA) is 150 Å². The van der Waals surface area contributed by atoms with Crippen molar-refractivity contribution in [2.75, 3.05) is 30.4 Å². The smallest absolute Gasteiger partial charge is 0.277 e. The molecule has 0 aliphatic carbocycles. The standard InChI is InChI=1S/C20H23N7O4/c1-27-9-14(17(26-27)18(21)28)24-19(29)15-11-31-20(25-15)13-4-5-22-16(7-13)23-8-12-3-2-6-30-10-12/h4-5,7,9,11-12H,2-3,6,8,10H2,1H3,(H2,21,28)(H,22,23)(H,24,29). The molecule has 0 radical (unpaired) electrons. The molecule has 31 heavy (non-hydrogen) atoms. The zero-order chi connectivity index (χ0) is 21.8. The van der Waals surface area contributed by atoms with Crippen LogP contribution in [0.2, 0.25) is 0 Å². The number of primary amides is 1. The maximum absolute atomic E-state index is 12.5. The van der Waals surface area contributed by atoms with E-state index >= 15 is 0 Å². The van der Waals surface area contributed by atoms with E-state index in [0.29, 0.717) is 17.3 Å². The van der Waals surface area contributed by atoms with Crippen molar-refractivity contribution in [2.24, 2.45) is 18.7 Å². The number of carbonyl (C=O) groups excluding carboxylic acids is 2. The van der Waals surface area contributed by atoms with Crippen molar-refractivity contribution in [3.8, 4) is 11.5 Å². The van der Waals surface area contributed by atoms with Crippen LogP contribution < -0.4 is 16.4 Å². The van der Waals surface area contributed by atoms with Gasteiger partial charge in [-0.15, -0.1) is 0 Å². The van der Waals surface area contributed by atoms with Gasteiger partial charge in [0.25, 0.3) is 11.8 Å². The molecule has 11 nitrogen and oxygen atoms in total. The predicted octanol–water partition coefficient (Wildman–Crippen LogP) is 1.66. The van der Waals surface area contributed by atoms with Gasteiger partial charge in [0.05, 0.1) is 12.3 Å². The number of nitrogens with zero attached hydrogens (tertiary/aromatic N) is 4. The van der Waals surface area contributed by atoms with Gasteiger partial charge in [0.15, 0.2) is 11.4 Å². The van der Waals surface area contributed by atoms with Gasteiger partial charge in [-0.1, -0.05) is 0 Å². The average molecular weight is 425 g/mol. The summed E-state index contributed by atoms with van der Waals surface area (Å²) in [6, 6.07) is 3.55. The number of ether oxygens (including phenoxy) is 1. The summed E-state index contributed by atoms with van der Waals surface area (Å²) < 4.78 is 12.4. The van der Waals surface area contributed by atoms with Crippen molar-refractivity contribution < 1.29 is 18.7 Å². The van der Waals surface area contributed by atoms with Gasteiger partial charge in [0.1, 0.15) is 12.1 Å². The molecule has 2 amide bonds. The molecule has 0 spiro atoms. The van der Waals surface area contributed by atoms with E-state index in [1.165, 1.54) is 17.1 Å². The summed E-state index contributed by atoms with van der Waals surface area (Å²) in [5.74, 6) is 0.129. The van der Waals surface area contributed by atoms with E-state index in [0.717, 1.165) is 32.6 Å². The largest absolute Gasteiger partial charge is 0.444 e. The third-order valence-corrected chi connectivity index (χ3v) is 4.88. The highest BCUT2D eigenvalue weighted by atomic mass is 16.5. The number of amides is 2. The summed E-state index contributed by atoms with van der Waals surface area (Å²) in [6.07, 6.45) is 6.57. The first-order valence-corrected chi connectivity index (χ1v) is 9.88. The molecule has 1 aliphatic rings. The number of anilines is 2. The SMILES string of the molecule is Cn1cc(NC(=O)c2coc(-c3ccnc(NCC4CCCOC4)c3)n2)c(C(N)=O)n1. The van der Waals surface area contributed by atoms with Crippen LogP contribution in [-0.4, -0.2) is 51.3 Å². The van der Waals surface area contributed by atoms with Crippen molar-refractivity contribution >= 4 is 23.3 Å². The number of nitrogens with one attached hydrogen (secondary N) is 2. The molecular weight excluding hydrogens is 402 g/mol. The highest BCUT2D eigenvalue weighted by Gasteiger charge is 2.19. The summed E-state index contributed by atoms with van der Waals surface area (Å²) in [4.78, 5) is 32.6. The Morgan fingerprint density at radius 3 is 3.03 bits per heavy atom. The second-order valence-electron chi connectivity index (χ2n) is 7.32. The molecule has 3 aromatic heterocycles. The second kappa shape index (κ2) is 8.96. The summed E-state index contributed by atoms with van der Waals surface area (Å²) >= 11 is 0. The summed E-state index contributed by atoms with van der Waals surface area (Å²) in [5.41, 5.74) is 6.19. The fraction of sp³-hybridized carbons (Fsp3) is 0.350. The molecule has 1 atom stereocenters. The molecular formula is C20H23N7O4. The lowest BCUT2D eigenvalue weighted by molar-refractivity contribution is 0.0595. The van der Waals surface area contributed by atoms with Gasteiger partial charge >= 0.3 is 0 Å². The van der Waals surface area contributed by atoms with Crippen molar-refractivity contribution in [2.45, 2.75) is 12.8 Å². The van der Waals surface area contributed by atoms with Crippen LogP contribution >= 0.6 is 0 Å². The van der Waals surface area contributed by atoms with Gasteiger partial charge < -0.3 is 25.5 Å². The normalized spacial score (nSPS) is 16.1. The van der Waals surface area contributed by atoms with Gasteiger partial charge in [0, 0.05) is 38.2 Å². The van der Waals surface area contributed by atoms with Gasteiger partial charge in [0.2, 0.25) is 5.89 Å². The van der Waals surface area contributed by atoms with Crippen LogP contribution in [0.3, 0.4) is 0 Å². The molecule has 1 unspecified atom stereocenters. The summed E-state index contributed by atoms with van der Waals surface area (Å²) in [6.45, 7) is 2.34. The molecule has 4 rings (SSSR count). The van der Waals surface area contributed by atoms with Crippen molar-refractivity contribution in [1.29, 1.82) is 0 Å². The third-order valence-electron chi connectivity index (χ3n) is 4.88. The molecule has 1 aliphatic heterocycles. The van der Waals surface area contributed by atoms with Gasteiger partial charge in [-0.2, -0.15) is 5.10 Å². The molecule has 0 saturated carbocycles. The van der Waals surface area contributed by atoms with Gasteiger partial charge in [-0.3, -0.25) is 14.3 Å². The number of aryl methyl sites for hydroxylation is 1. The number of hydrogen-bond acceptors (Lipinski definition) is 8. The minimum absolute atomic E-state index is 0.0345. The number of aromatic nitrogens is 4. The van der Waals surface area contributed by atoms with Crippen LogP contribution in [0.1, 0.15) is 33.8 Å². The zero-order valence-corrected chi connectivity index (χ0v) is 17.0. The van der Waals surface area contributed by atoms with Crippen LogP contribution in [0.15, 0.2) is 35.2 Å². The quantitative estimate of drug-likeness (QED) is 0.517. The lowest BCUT2D eigenvalue weighted by Gasteiger charge is -2.22. The predicted molar refractivity (Wildman–Crippen MR) is 111 cm³/mol. The maximum atomic E-state index is 12.5. The molecule has 4 N–H and O–H groups in total. The van der Waals surface area contributed by atoms with Crippen LogP contribution in [0.5, 0.6) is 0 Å². The fourth-order valence-electron chi connectivity index (χ4n) is 3.34. The lowest BCUT2D eigenvalue weighted by Crippen LogP contribution is -2.24. The number of nitrogens with two attached hydrogens (primary N) is 1. The first kappa shape index (κ1) is 20.5. The maximum Gasteiger partial charge on any atom is 0.277 e. The van der Waals surface area contributed by atoms with Crippen molar-refractivity contribution in [1.82, 2.24) is 19.7 Å². The van der Waals surface area contributed by atoms with E-state index in [1.807, 2.05) is 6.07 Å². The summed E-state index contributed by atoms with van der Waals surface area (Å²) in [7, 11) is 1.62. The van der Waals surface area contributed by atoms with E-state index in [-0.39, 0.29) is 23.0 Å². The van der Waals surface area contributed by atoms with Crippen LogP contribution in [0.4, 0.5) is 11.5 Å². The molecule has 4 heterocycles. The Hall–Kier alpha value is -3.73. The molecule has 3 aromatic rings. The summed E-state index contributed by atoms with van der Waals surface area (Å²) in [5, 5.41) is 9.83. The minimum Gasteiger partial charge on any atom is -0.444 e. The molecule has 1 saturated heterocycles. The molecule has 1 fully saturated rings. The van der Waals surface area contributed by atoms with Crippen LogP contribution in [0.25, 0.3) is 11.5 Å². The van der Waals surface area contributed by atoms with Gasteiger partial charge in [-0.05, 0) is 30.9 Å². The third kappa shape index (κ3) is 4.89. The highest BCUT2D eigenvalue weighted by Crippen LogP contribution is 2.22. The highest BCUT2D eigenvalue weighted by molar-refractivity contribution is 6.07. The molecule has 162 valence electrons. The van der Waals surface area contributed by atoms with Crippen LogP contribution in [-0.2, 0) is 11.8 Å². The molecule has 11 heteroatoms. The van der Waals surface area contributed by atoms with Crippen molar-refractivity contribution in [3.05, 3.63) is 42.2 Å². The average Bonchev–Trinajstić information content (AvgIpc) is 3.40. The Morgan fingerprint density at radius 2 is 2.26 bits per heavy atom. The minimum atomic E-state index is -0.742. The Labute approximate surface area is 178 Å².